The van der Waals surface area contributed by atoms with Crippen molar-refractivity contribution in [3.63, 3.8) is 0 Å². The van der Waals surface area contributed by atoms with Gasteiger partial charge < -0.3 is 4.57 Å². The molecule has 3 heteroatoms. The fourth-order valence-electron chi connectivity index (χ4n) is 1.20. The molecule has 1 aromatic heterocycles. The van der Waals surface area contributed by atoms with E-state index in [1.54, 1.807) is 0 Å². The van der Waals surface area contributed by atoms with Crippen LogP contribution in [0.25, 0.3) is 11.3 Å². The molecule has 0 fully saturated rings. The van der Waals surface area contributed by atoms with E-state index in [-0.39, 0.29) is 0 Å². The van der Waals surface area contributed by atoms with E-state index in [0.717, 1.165) is 5.69 Å². The molecule has 0 amide bonds. The van der Waals surface area contributed by atoms with Crippen molar-refractivity contribution in [2.24, 2.45) is 7.05 Å². The van der Waals surface area contributed by atoms with Crippen molar-refractivity contribution in [1.29, 1.82) is 0 Å². The van der Waals surface area contributed by atoms with Crippen LogP contribution in [0.15, 0.2) is 36.7 Å². The first-order valence-electron chi connectivity index (χ1n) is 4.01. The lowest BCUT2D eigenvalue weighted by atomic mass is 10.2. The number of benzene rings is 1. The van der Waals surface area contributed by atoms with Crippen LogP contribution in [0.4, 0.5) is 0 Å². The van der Waals surface area contributed by atoms with Gasteiger partial charge in [0.15, 0.2) is 0 Å². The molecule has 0 aliphatic rings. The van der Waals surface area contributed by atoms with E-state index in [1.807, 2.05) is 36.1 Å². The van der Waals surface area contributed by atoms with Crippen LogP contribution >= 0.6 is 22.6 Å². The average Bonchev–Trinajstić information content (AvgIpc) is 2.49. The Kier molecular flexibility index (Phi) is 2.35. The van der Waals surface area contributed by atoms with Gasteiger partial charge in [-0.05, 0) is 22.6 Å². The second-order valence-electron chi connectivity index (χ2n) is 2.86. The van der Waals surface area contributed by atoms with Crippen LogP contribution < -0.4 is 0 Å². The van der Waals surface area contributed by atoms with Gasteiger partial charge in [0.2, 0.25) is 0 Å². The van der Waals surface area contributed by atoms with E-state index in [1.165, 1.54) is 9.26 Å². The van der Waals surface area contributed by atoms with Crippen LogP contribution in [-0.4, -0.2) is 9.55 Å². The molecule has 2 rings (SSSR count). The topological polar surface area (TPSA) is 17.8 Å². The van der Waals surface area contributed by atoms with Gasteiger partial charge in [-0.15, -0.1) is 0 Å². The summed E-state index contributed by atoms with van der Waals surface area (Å²) in [6.45, 7) is 0. The molecule has 66 valence electrons. The molecule has 0 saturated heterocycles. The Labute approximate surface area is 90.8 Å². The average molecular weight is 284 g/mol. The highest BCUT2D eigenvalue weighted by Crippen LogP contribution is 2.22. The van der Waals surface area contributed by atoms with E-state index in [4.69, 9.17) is 0 Å². The molecule has 2 nitrogen and oxygen atoms in total. The first-order valence-corrected chi connectivity index (χ1v) is 5.09. The van der Waals surface area contributed by atoms with Crippen molar-refractivity contribution in [1.82, 2.24) is 9.55 Å². The second-order valence-corrected chi connectivity index (χ2v) is 3.88. The number of halogens is 1. The first kappa shape index (κ1) is 8.74. The number of aromatic nitrogens is 2. The van der Waals surface area contributed by atoms with Crippen LogP contribution in [0.1, 0.15) is 0 Å². The summed E-state index contributed by atoms with van der Waals surface area (Å²) in [5.41, 5.74) is 2.23. The van der Waals surface area contributed by atoms with Gasteiger partial charge in [-0.3, -0.25) is 0 Å². The minimum atomic E-state index is 1.06. The lowest BCUT2D eigenvalue weighted by Gasteiger charge is -1.97. The highest BCUT2D eigenvalue weighted by molar-refractivity contribution is 14.1. The molecule has 0 unspecified atom stereocenters. The molecule has 0 spiro atoms. The molecule has 2 aromatic rings. The van der Waals surface area contributed by atoms with Gasteiger partial charge in [0.05, 0.1) is 6.33 Å². The Hall–Kier alpha value is -0.840. The first-order chi connectivity index (χ1) is 6.29. The smallest absolute Gasteiger partial charge is 0.107 e. The predicted octanol–water partition coefficient (Wildman–Crippen LogP) is 2.69. The molecule has 0 bridgehead atoms. The van der Waals surface area contributed by atoms with Crippen molar-refractivity contribution in [3.8, 4) is 11.3 Å². The number of aryl methyl sites for hydroxylation is 1. The Morgan fingerprint density at radius 2 is 1.92 bits per heavy atom. The third kappa shape index (κ3) is 1.60. The number of hydrogen-bond donors (Lipinski definition) is 0. The maximum atomic E-state index is 4.34. The van der Waals surface area contributed by atoms with E-state index < -0.39 is 0 Å². The van der Waals surface area contributed by atoms with Crippen molar-refractivity contribution < 1.29 is 0 Å². The highest BCUT2D eigenvalue weighted by atomic mass is 127. The summed E-state index contributed by atoms with van der Waals surface area (Å²) in [6.07, 6.45) is 1.84. The van der Waals surface area contributed by atoms with Gasteiger partial charge >= 0.3 is 0 Å². The summed E-state index contributed by atoms with van der Waals surface area (Å²) in [5.74, 6) is 0. The highest BCUT2D eigenvalue weighted by Gasteiger charge is 2.06. The summed E-state index contributed by atoms with van der Waals surface area (Å²) in [5, 5.41) is 0. The molecule has 0 aliphatic heterocycles. The second kappa shape index (κ2) is 3.49. The van der Waals surface area contributed by atoms with Gasteiger partial charge in [-0.1, -0.05) is 30.3 Å². The minimum absolute atomic E-state index is 1.06. The van der Waals surface area contributed by atoms with Crippen LogP contribution in [0.2, 0.25) is 0 Å². The Morgan fingerprint density at radius 1 is 1.23 bits per heavy atom. The molecule has 1 heterocycles. The molecule has 0 atom stereocenters. The molecule has 0 radical (unpaired) electrons. The standard InChI is InChI=1S/C10H9IN2/c1-13-7-12-9(10(13)11)8-5-3-2-4-6-8/h2-7H,1H3. The SMILES string of the molecule is Cn1cnc(-c2ccccc2)c1I. The normalized spacial score (nSPS) is 10.3. The van der Waals surface area contributed by atoms with Crippen LogP contribution in [0, 0.1) is 3.70 Å². The van der Waals surface area contributed by atoms with Gasteiger partial charge in [-0.25, -0.2) is 4.98 Å². The minimum Gasteiger partial charge on any atom is -0.329 e. The van der Waals surface area contributed by atoms with E-state index in [0.29, 0.717) is 0 Å². The van der Waals surface area contributed by atoms with Crippen molar-refractivity contribution in [2.45, 2.75) is 0 Å². The zero-order valence-corrected chi connectivity index (χ0v) is 9.39. The van der Waals surface area contributed by atoms with Gasteiger partial charge in [0.25, 0.3) is 0 Å². The summed E-state index contributed by atoms with van der Waals surface area (Å²) in [7, 11) is 2.00. The van der Waals surface area contributed by atoms with Crippen molar-refractivity contribution in [3.05, 3.63) is 40.4 Å². The lowest BCUT2D eigenvalue weighted by molar-refractivity contribution is 0.888. The number of nitrogens with zero attached hydrogens (tertiary/aromatic N) is 2. The van der Waals surface area contributed by atoms with Gasteiger partial charge in [-0.2, -0.15) is 0 Å². The zero-order valence-electron chi connectivity index (χ0n) is 7.24. The molecule has 0 aliphatic carbocycles. The fraction of sp³-hybridized carbons (Fsp3) is 0.100. The number of imidazole rings is 1. The fourth-order valence-corrected chi connectivity index (χ4v) is 1.78. The van der Waals surface area contributed by atoms with Gasteiger partial charge in [0.1, 0.15) is 9.39 Å². The maximum Gasteiger partial charge on any atom is 0.107 e. The summed E-state index contributed by atoms with van der Waals surface area (Å²) < 4.78 is 3.19. The Balaban J connectivity index is 2.53. The largest absolute Gasteiger partial charge is 0.329 e. The zero-order chi connectivity index (χ0) is 9.26. The summed E-state index contributed by atoms with van der Waals surface area (Å²) >= 11 is 2.30. The molecule has 0 saturated carbocycles. The molecule has 1 aromatic carbocycles. The predicted molar refractivity (Wildman–Crippen MR) is 61.4 cm³/mol. The van der Waals surface area contributed by atoms with E-state index in [9.17, 15) is 0 Å². The van der Waals surface area contributed by atoms with Crippen molar-refractivity contribution >= 4 is 22.6 Å². The molecule has 13 heavy (non-hydrogen) atoms. The van der Waals surface area contributed by atoms with Crippen LogP contribution in [0.5, 0.6) is 0 Å². The molecule has 0 N–H and O–H groups in total. The molecular formula is C10H9IN2. The van der Waals surface area contributed by atoms with Crippen LogP contribution in [0.3, 0.4) is 0 Å². The number of rotatable bonds is 1. The summed E-state index contributed by atoms with van der Waals surface area (Å²) in [6, 6.07) is 10.2. The van der Waals surface area contributed by atoms with E-state index in [2.05, 4.69) is 39.7 Å². The number of hydrogen-bond acceptors (Lipinski definition) is 1. The third-order valence-electron chi connectivity index (χ3n) is 1.91. The Morgan fingerprint density at radius 3 is 2.46 bits per heavy atom. The van der Waals surface area contributed by atoms with E-state index >= 15 is 0 Å². The maximum absolute atomic E-state index is 4.34. The van der Waals surface area contributed by atoms with Crippen molar-refractivity contribution in [2.75, 3.05) is 0 Å². The van der Waals surface area contributed by atoms with Gasteiger partial charge in [0, 0.05) is 12.6 Å². The Bertz CT molecular complexity index is 406. The third-order valence-corrected chi connectivity index (χ3v) is 3.18. The lowest BCUT2D eigenvalue weighted by Crippen LogP contribution is -1.88. The summed E-state index contributed by atoms with van der Waals surface area (Å²) in [4.78, 5) is 4.34. The van der Waals surface area contributed by atoms with Crippen LogP contribution in [-0.2, 0) is 7.05 Å². The molecular weight excluding hydrogens is 275 g/mol. The quantitative estimate of drug-likeness (QED) is 0.736. The monoisotopic (exact) mass is 284 g/mol.